The molecule has 1 amide bonds. The summed E-state index contributed by atoms with van der Waals surface area (Å²) < 4.78 is 5.58. The van der Waals surface area contributed by atoms with Gasteiger partial charge in [0.1, 0.15) is 0 Å². The molecule has 1 unspecified atom stereocenters. The van der Waals surface area contributed by atoms with Crippen molar-refractivity contribution in [3.63, 3.8) is 0 Å². The summed E-state index contributed by atoms with van der Waals surface area (Å²) in [7, 11) is 0. The van der Waals surface area contributed by atoms with Gasteiger partial charge in [0.25, 0.3) is 5.89 Å². The smallest absolute Gasteiger partial charge is 0.268 e. The van der Waals surface area contributed by atoms with Crippen LogP contribution >= 0.6 is 11.3 Å². The first-order valence-corrected chi connectivity index (χ1v) is 10.7. The number of aryl methyl sites for hydroxylation is 4. The number of anilines is 1. The molecule has 5 rings (SSSR count). The van der Waals surface area contributed by atoms with Crippen molar-refractivity contribution < 1.29 is 9.32 Å². The van der Waals surface area contributed by atoms with Crippen molar-refractivity contribution in [1.82, 2.24) is 10.1 Å². The second-order valence-electron chi connectivity index (χ2n) is 7.92. The number of hydrogen-bond acceptors (Lipinski definition) is 5. The molecule has 0 saturated carbocycles. The van der Waals surface area contributed by atoms with Crippen LogP contribution in [-0.2, 0) is 17.6 Å². The van der Waals surface area contributed by atoms with E-state index in [1.807, 2.05) is 18.7 Å². The molecule has 1 aliphatic carbocycles. The van der Waals surface area contributed by atoms with E-state index in [9.17, 15) is 4.79 Å². The second kappa shape index (κ2) is 6.85. The Labute approximate surface area is 168 Å². The molecule has 144 valence electrons. The van der Waals surface area contributed by atoms with Crippen LogP contribution in [-0.4, -0.2) is 22.6 Å². The molecule has 0 spiro atoms. The fourth-order valence-corrected chi connectivity index (χ4v) is 5.40. The van der Waals surface area contributed by atoms with Crippen molar-refractivity contribution in [2.45, 2.75) is 51.9 Å². The number of aromatic nitrogens is 2. The van der Waals surface area contributed by atoms with Crippen LogP contribution in [0.25, 0.3) is 10.8 Å². The molecule has 5 nitrogen and oxygen atoms in total. The predicted molar refractivity (Wildman–Crippen MR) is 110 cm³/mol. The molecule has 1 fully saturated rings. The maximum absolute atomic E-state index is 12.7. The van der Waals surface area contributed by atoms with Crippen LogP contribution in [0.1, 0.15) is 52.6 Å². The number of hydrogen-bond donors (Lipinski definition) is 0. The van der Waals surface area contributed by atoms with E-state index in [0.717, 1.165) is 34.5 Å². The van der Waals surface area contributed by atoms with E-state index in [-0.39, 0.29) is 11.8 Å². The summed E-state index contributed by atoms with van der Waals surface area (Å²) in [6.07, 6.45) is 5.25. The highest BCUT2D eigenvalue weighted by Crippen LogP contribution is 2.37. The lowest BCUT2D eigenvalue weighted by molar-refractivity contribution is -0.117. The van der Waals surface area contributed by atoms with Crippen molar-refractivity contribution >= 4 is 22.9 Å². The molecule has 1 aromatic carbocycles. The first-order valence-electron chi connectivity index (χ1n) is 9.91. The minimum absolute atomic E-state index is 0.0282. The molecule has 1 atom stereocenters. The Morgan fingerprint density at radius 1 is 1.18 bits per heavy atom. The van der Waals surface area contributed by atoms with Crippen LogP contribution in [0.15, 0.2) is 28.8 Å². The molecular formula is C22H23N3O2S. The lowest BCUT2D eigenvalue weighted by Crippen LogP contribution is -2.25. The van der Waals surface area contributed by atoms with E-state index in [1.165, 1.54) is 23.3 Å². The van der Waals surface area contributed by atoms with Crippen LogP contribution in [0.3, 0.4) is 0 Å². The van der Waals surface area contributed by atoms with Gasteiger partial charge in [-0.15, -0.1) is 11.3 Å². The molecule has 28 heavy (non-hydrogen) atoms. The van der Waals surface area contributed by atoms with E-state index in [2.05, 4.69) is 34.4 Å². The molecule has 2 aliphatic rings. The van der Waals surface area contributed by atoms with Crippen molar-refractivity contribution in [2.24, 2.45) is 0 Å². The molecule has 3 aromatic rings. The molecule has 0 N–H and O–H groups in total. The summed E-state index contributed by atoms with van der Waals surface area (Å²) in [6.45, 7) is 4.69. The van der Waals surface area contributed by atoms with Gasteiger partial charge in [0.05, 0.1) is 4.88 Å². The van der Waals surface area contributed by atoms with Crippen LogP contribution in [0, 0.1) is 13.8 Å². The zero-order chi connectivity index (χ0) is 19.3. The van der Waals surface area contributed by atoms with E-state index in [0.29, 0.717) is 24.7 Å². The average Bonchev–Trinajstić information content (AvgIpc) is 3.40. The standard InChI is InChI=1S/C22H23N3O2S/c1-13-7-8-14(2)17(9-13)25-12-16(11-20(25)26)21-23-22(27-24-21)19-10-15-5-3-4-6-18(15)28-19/h7-10,16H,3-6,11-12H2,1-2H3. The predicted octanol–water partition coefficient (Wildman–Crippen LogP) is 4.81. The second-order valence-corrected chi connectivity index (χ2v) is 9.06. The van der Waals surface area contributed by atoms with E-state index in [1.54, 1.807) is 11.3 Å². The fraction of sp³-hybridized carbons (Fsp3) is 0.409. The molecule has 2 aromatic heterocycles. The number of rotatable bonds is 3. The van der Waals surface area contributed by atoms with Gasteiger partial charge in [-0.2, -0.15) is 4.98 Å². The molecule has 6 heteroatoms. The highest BCUT2D eigenvalue weighted by molar-refractivity contribution is 7.15. The Kier molecular flexibility index (Phi) is 4.31. The number of nitrogens with zero attached hydrogens (tertiary/aromatic N) is 3. The third-order valence-electron chi connectivity index (χ3n) is 5.79. The maximum Gasteiger partial charge on any atom is 0.268 e. The normalized spacial score (nSPS) is 19.3. The minimum Gasteiger partial charge on any atom is -0.333 e. The summed E-state index contributed by atoms with van der Waals surface area (Å²) in [5, 5.41) is 4.22. The van der Waals surface area contributed by atoms with Gasteiger partial charge in [-0.3, -0.25) is 4.79 Å². The summed E-state index contributed by atoms with van der Waals surface area (Å²) >= 11 is 1.77. The average molecular weight is 394 g/mol. The molecule has 3 heterocycles. The Hall–Kier alpha value is -2.47. The summed E-state index contributed by atoms with van der Waals surface area (Å²) in [4.78, 5) is 21.7. The lowest BCUT2D eigenvalue weighted by Gasteiger charge is -2.19. The summed E-state index contributed by atoms with van der Waals surface area (Å²) in [5.41, 5.74) is 4.68. The van der Waals surface area contributed by atoms with Crippen LogP contribution in [0.4, 0.5) is 5.69 Å². The molecule has 1 aliphatic heterocycles. The van der Waals surface area contributed by atoms with Crippen molar-refractivity contribution in [3.05, 3.63) is 51.7 Å². The van der Waals surface area contributed by atoms with E-state index < -0.39 is 0 Å². The molecule has 0 bridgehead atoms. The van der Waals surface area contributed by atoms with Gasteiger partial charge in [0.15, 0.2) is 5.82 Å². The first kappa shape index (κ1) is 17.6. The quantitative estimate of drug-likeness (QED) is 0.640. The Morgan fingerprint density at radius 3 is 2.89 bits per heavy atom. The van der Waals surface area contributed by atoms with Crippen LogP contribution < -0.4 is 4.90 Å². The molecule has 1 saturated heterocycles. The lowest BCUT2D eigenvalue weighted by atomic mass is 9.99. The van der Waals surface area contributed by atoms with E-state index in [4.69, 9.17) is 4.52 Å². The number of thiophene rings is 1. The molecule has 0 radical (unpaired) electrons. The van der Waals surface area contributed by atoms with Gasteiger partial charge >= 0.3 is 0 Å². The first-order chi connectivity index (χ1) is 13.6. The highest BCUT2D eigenvalue weighted by atomic mass is 32.1. The Morgan fingerprint density at radius 2 is 2.04 bits per heavy atom. The molecular weight excluding hydrogens is 370 g/mol. The van der Waals surface area contributed by atoms with Crippen molar-refractivity contribution in [3.8, 4) is 10.8 Å². The maximum atomic E-state index is 12.7. The number of carbonyl (C=O) groups is 1. The van der Waals surface area contributed by atoms with Gasteiger partial charge in [0, 0.05) is 29.4 Å². The SMILES string of the molecule is Cc1ccc(C)c(N2CC(c3noc(-c4cc5c(s4)CCCC5)n3)CC2=O)c1. The van der Waals surface area contributed by atoms with Gasteiger partial charge in [-0.1, -0.05) is 17.3 Å². The van der Waals surface area contributed by atoms with Gasteiger partial charge in [0.2, 0.25) is 5.91 Å². The number of carbonyl (C=O) groups excluding carboxylic acids is 1. The fourth-order valence-electron chi connectivity index (χ4n) is 4.22. The van der Waals surface area contributed by atoms with Crippen molar-refractivity contribution in [2.75, 3.05) is 11.4 Å². The minimum atomic E-state index is -0.0282. The third kappa shape index (κ3) is 3.05. The number of benzene rings is 1. The summed E-state index contributed by atoms with van der Waals surface area (Å²) in [5.74, 6) is 1.32. The van der Waals surface area contributed by atoms with Crippen LogP contribution in [0.5, 0.6) is 0 Å². The number of amides is 1. The number of fused-ring (bicyclic) bond motifs is 1. The Bertz CT molecular complexity index is 1030. The Balaban J connectivity index is 1.38. The van der Waals surface area contributed by atoms with Gasteiger partial charge in [-0.05, 0) is 68.4 Å². The van der Waals surface area contributed by atoms with E-state index >= 15 is 0 Å². The largest absolute Gasteiger partial charge is 0.333 e. The van der Waals surface area contributed by atoms with Gasteiger partial charge in [-0.25, -0.2) is 0 Å². The third-order valence-corrected chi connectivity index (χ3v) is 7.02. The van der Waals surface area contributed by atoms with Gasteiger partial charge < -0.3 is 9.42 Å². The zero-order valence-corrected chi connectivity index (χ0v) is 17.0. The zero-order valence-electron chi connectivity index (χ0n) is 16.2. The van der Waals surface area contributed by atoms with Crippen molar-refractivity contribution in [1.29, 1.82) is 0 Å². The summed E-state index contributed by atoms with van der Waals surface area (Å²) in [6, 6.07) is 8.42. The topological polar surface area (TPSA) is 59.2 Å². The monoisotopic (exact) mass is 393 g/mol. The highest BCUT2D eigenvalue weighted by Gasteiger charge is 2.35. The van der Waals surface area contributed by atoms with Crippen LogP contribution in [0.2, 0.25) is 0 Å².